The maximum atomic E-state index is 12.1. The second kappa shape index (κ2) is 6.90. The van der Waals surface area contributed by atoms with Crippen LogP contribution in [0.2, 0.25) is 0 Å². The Hall–Kier alpha value is -1.33. The molecule has 20 heavy (non-hydrogen) atoms. The molecule has 4 nitrogen and oxygen atoms in total. The third-order valence-corrected chi connectivity index (χ3v) is 3.85. The Bertz CT molecular complexity index is 487. The molecule has 0 aromatic heterocycles. The molecule has 2 atom stereocenters. The van der Waals surface area contributed by atoms with Gasteiger partial charge in [0.1, 0.15) is 12.4 Å². The van der Waals surface area contributed by atoms with Crippen molar-refractivity contribution in [2.24, 2.45) is 11.7 Å². The second-order valence-electron chi connectivity index (χ2n) is 4.95. The van der Waals surface area contributed by atoms with Crippen molar-refractivity contribution >= 4 is 21.8 Å². The number of halogens is 1. The third-order valence-electron chi connectivity index (χ3n) is 3.32. The van der Waals surface area contributed by atoms with E-state index in [1.54, 1.807) is 11.9 Å². The predicted octanol–water partition coefficient (Wildman–Crippen LogP) is 2.19. The normalized spacial score (nSPS) is 20.9. The van der Waals surface area contributed by atoms with Crippen molar-refractivity contribution in [1.29, 1.82) is 0 Å². The van der Waals surface area contributed by atoms with Crippen molar-refractivity contribution in [3.8, 4) is 5.75 Å². The Labute approximate surface area is 127 Å². The molecule has 0 bridgehead atoms. The summed E-state index contributed by atoms with van der Waals surface area (Å²) in [6.07, 6.45) is 4.50. The number of nitrogens with two attached hydrogens (primary N) is 1. The molecular formula is C15H19BrN2O2. The number of carbonyl (C=O) groups is 1. The zero-order chi connectivity index (χ0) is 14.5. The molecule has 0 spiro atoms. The largest absolute Gasteiger partial charge is 0.492 e. The van der Waals surface area contributed by atoms with Gasteiger partial charge in [-0.1, -0.05) is 28.1 Å². The van der Waals surface area contributed by atoms with Crippen LogP contribution >= 0.6 is 15.9 Å². The maximum Gasteiger partial charge on any atom is 0.229 e. The van der Waals surface area contributed by atoms with Gasteiger partial charge < -0.3 is 15.4 Å². The van der Waals surface area contributed by atoms with Gasteiger partial charge in [-0.15, -0.1) is 0 Å². The van der Waals surface area contributed by atoms with E-state index in [0.29, 0.717) is 19.6 Å². The molecule has 0 saturated carbocycles. The third kappa shape index (κ3) is 4.08. The average Bonchev–Trinajstić information content (AvgIpc) is 2.86. The van der Waals surface area contributed by atoms with E-state index in [4.69, 9.17) is 10.5 Å². The maximum absolute atomic E-state index is 12.1. The molecule has 108 valence electrons. The lowest BCUT2D eigenvalue weighted by atomic mass is 10.1. The number of carbonyl (C=O) groups excluding carboxylic acids is 1. The summed E-state index contributed by atoms with van der Waals surface area (Å²) in [7, 11) is 1.80. The molecule has 1 aliphatic carbocycles. The van der Waals surface area contributed by atoms with Crippen molar-refractivity contribution < 1.29 is 9.53 Å². The first kappa shape index (κ1) is 15.1. The summed E-state index contributed by atoms with van der Waals surface area (Å²) in [6, 6.07) is 7.65. The van der Waals surface area contributed by atoms with Gasteiger partial charge in [0.15, 0.2) is 0 Å². The summed E-state index contributed by atoms with van der Waals surface area (Å²) in [4.78, 5) is 13.8. The summed E-state index contributed by atoms with van der Waals surface area (Å²) >= 11 is 3.37. The van der Waals surface area contributed by atoms with Gasteiger partial charge in [-0.3, -0.25) is 4.79 Å². The predicted molar refractivity (Wildman–Crippen MR) is 82.5 cm³/mol. The Balaban J connectivity index is 1.74. The molecule has 0 aliphatic heterocycles. The fraction of sp³-hybridized carbons (Fsp3) is 0.400. The first-order valence-electron chi connectivity index (χ1n) is 6.63. The summed E-state index contributed by atoms with van der Waals surface area (Å²) < 4.78 is 6.62. The van der Waals surface area contributed by atoms with E-state index in [0.717, 1.165) is 10.2 Å². The number of nitrogens with zero attached hydrogens (tertiary/aromatic N) is 1. The molecular weight excluding hydrogens is 320 g/mol. The van der Waals surface area contributed by atoms with Gasteiger partial charge in [0.05, 0.1) is 12.5 Å². The first-order valence-corrected chi connectivity index (χ1v) is 7.43. The Kier molecular flexibility index (Phi) is 5.20. The Morgan fingerprint density at radius 2 is 2.10 bits per heavy atom. The average molecular weight is 339 g/mol. The lowest BCUT2D eigenvalue weighted by Crippen LogP contribution is -2.35. The van der Waals surface area contributed by atoms with E-state index in [1.165, 1.54) is 0 Å². The molecule has 1 aromatic carbocycles. The SMILES string of the molecule is CN(CCOc1ccc(Br)cc1)C(=O)C1C=CC(N)C1. The van der Waals surface area contributed by atoms with E-state index in [2.05, 4.69) is 15.9 Å². The number of hydrogen-bond acceptors (Lipinski definition) is 3. The van der Waals surface area contributed by atoms with Crippen molar-refractivity contribution in [1.82, 2.24) is 4.90 Å². The minimum absolute atomic E-state index is 0.0105. The molecule has 2 N–H and O–H groups in total. The lowest BCUT2D eigenvalue weighted by Gasteiger charge is -2.20. The van der Waals surface area contributed by atoms with Crippen LogP contribution in [0.1, 0.15) is 6.42 Å². The molecule has 1 aliphatic rings. The van der Waals surface area contributed by atoms with Crippen molar-refractivity contribution in [3.05, 3.63) is 40.9 Å². The van der Waals surface area contributed by atoms with Crippen LogP contribution in [0.3, 0.4) is 0 Å². The number of ether oxygens (including phenoxy) is 1. The molecule has 1 amide bonds. The van der Waals surface area contributed by atoms with Crippen LogP contribution in [0.15, 0.2) is 40.9 Å². The summed E-state index contributed by atoms with van der Waals surface area (Å²) in [5.74, 6) is 0.827. The van der Waals surface area contributed by atoms with Gasteiger partial charge in [-0.25, -0.2) is 0 Å². The van der Waals surface area contributed by atoms with Crippen LogP contribution in [0, 0.1) is 5.92 Å². The van der Waals surface area contributed by atoms with Crippen molar-refractivity contribution in [3.63, 3.8) is 0 Å². The van der Waals surface area contributed by atoms with Crippen LogP contribution < -0.4 is 10.5 Å². The standard InChI is InChI=1S/C15H19BrN2O2/c1-18(15(19)11-2-5-13(17)10-11)8-9-20-14-6-3-12(16)4-7-14/h2-7,11,13H,8-10,17H2,1H3. The fourth-order valence-electron chi connectivity index (χ4n) is 2.13. The van der Waals surface area contributed by atoms with E-state index in [-0.39, 0.29) is 17.9 Å². The van der Waals surface area contributed by atoms with Crippen LogP contribution in [0.4, 0.5) is 0 Å². The highest BCUT2D eigenvalue weighted by atomic mass is 79.9. The van der Waals surface area contributed by atoms with Gasteiger partial charge in [-0.05, 0) is 30.7 Å². The highest BCUT2D eigenvalue weighted by Gasteiger charge is 2.25. The Morgan fingerprint density at radius 3 is 2.70 bits per heavy atom. The number of hydrogen-bond donors (Lipinski definition) is 1. The van der Waals surface area contributed by atoms with E-state index >= 15 is 0 Å². The van der Waals surface area contributed by atoms with Crippen molar-refractivity contribution in [2.75, 3.05) is 20.2 Å². The zero-order valence-corrected chi connectivity index (χ0v) is 13.0. The molecule has 0 radical (unpaired) electrons. The van der Waals surface area contributed by atoms with E-state index < -0.39 is 0 Å². The smallest absolute Gasteiger partial charge is 0.229 e. The molecule has 0 fully saturated rings. The highest BCUT2D eigenvalue weighted by molar-refractivity contribution is 9.10. The van der Waals surface area contributed by atoms with Crippen LogP contribution in [-0.2, 0) is 4.79 Å². The molecule has 2 unspecified atom stereocenters. The molecule has 1 aromatic rings. The quantitative estimate of drug-likeness (QED) is 0.837. The van der Waals surface area contributed by atoms with E-state index in [9.17, 15) is 4.79 Å². The van der Waals surface area contributed by atoms with Gasteiger partial charge >= 0.3 is 0 Å². The summed E-state index contributed by atoms with van der Waals surface area (Å²) in [6.45, 7) is 1.04. The summed E-state index contributed by atoms with van der Waals surface area (Å²) in [5.41, 5.74) is 5.77. The highest BCUT2D eigenvalue weighted by Crippen LogP contribution is 2.19. The van der Waals surface area contributed by atoms with Gasteiger partial charge in [-0.2, -0.15) is 0 Å². The molecule has 5 heteroatoms. The van der Waals surface area contributed by atoms with Crippen LogP contribution in [0.25, 0.3) is 0 Å². The van der Waals surface area contributed by atoms with Gasteiger partial charge in [0, 0.05) is 17.6 Å². The number of rotatable bonds is 5. The second-order valence-corrected chi connectivity index (χ2v) is 5.87. The van der Waals surface area contributed by atoms with Gasteiger partial charge in [0.2, 0.25) is 5.91 Å². The first-order chi connectivity index (χ1) is 9.56. The van der Waals surface area contributed by atoms with Crippen LogP contribution in [-0.4, -0.2) is 37.0 Å². The lowest BCUT2D eigenvalue weighted by molar-refractivity contribution is -0.133. The van der Waals surface area contributed by atoms with Gasteiger partial charge in [0.25, 0.3) is 0 Å². The van der Waals surface area contributed by atoms with Crippen LogP contribution in [0.5, 0.6) is 5.75 Å². The molecule has 0 heterocycles. The molecule has 2 rings (SSSR count). The minimum Gasteiger partial charge on any atom is -0.492 e. The molecule has 0 saturated heterocycles. The summed E-state index contributed by atoms with van der Waals surface area (Å²) in [5, 5.41) is 0. The number of likely N-dealkylation sites (N-methyl/N-ethyl adjacent to an activating group) is 1. The minimum atomic E-state index is -0.0809. The van der Waals surface area contributed by atoms with Crippen molar-refractivity contribution in [2.45, 2.75) is 12.5 Å². The zero-order valence-electron chi connectivity index (χ0n) is 11.5. The monoisotopic (exact) mass is 338 g/mol. The Morgan fingerprint density at radius 1 is 1.40 bits per heavy atom. The number of amides is 1. The fourth-order valence-corrected chi connectivity index (χ4v) is 2.40. The number of benzene rings is 1. The topological polar surface area (TPSA) is 55.6 Å². The van der Waals surface area contributed by atoms with E-state index in [1.807, 2.05) is 36.4 Å².